The van der Waals surface area contributed by atoms with Gasteiger partial charge in [0, 0.05) is 6.61 Å². The van der Waals surface area contributed by atoms with E-state index in [1.165, 1.54) is 5.57 Å². The summed E-state index contributed by atoms with van der Waals surface area (Å²) in [5.74, 6) is 1.28. The molecule has 3 aromatic rings. The topological polar surface area (TPSA) is 69.9 Å². The Labute approximate surface area is 190 Å². The quantitative estimate of drug-likeness (QED) is 0.242. The Morgan fingerprint density at radius 3 is 1.72 bits per heavy atom. The van der Waals surface area contributed by atoms with Gasteiger partial charge in [0.25, 0.3) is 0 Å². The first kappa shape index (κ1) is 23.4. The van der Waals surface area contributed by atoms with Crippen LogP contribution in [0.4, 0.5) is 0 Å². The molecule has 0 saturated heterocycles. The fourth-order valence-electron chi connectivity index (χ4n) is 3.69. The molecule has 0 bridgehead atoms. The number of aliphatic hydroxyl groups is 1. The maximum Gasteiger partial charge on any atom is 0.119 e. The molecule has 0 aromatic heterocycles. The van der Waals surface area contributed by atoms with Crippen molar-refractivity contribution >= 4 is 11.1 Å². The van der Waals surface area contributed by atoms with E-state index in [-0.39, 0.29) is 18.1 Å². The van der Waals surface area contributed by atoms with Crippen LogP contribution in [0, 0.1) is 0 Å². The van der Waals surface area contributed by atoms with Gasteiger partial charge in [0.15, 0.2) is 0 Å². The molecule has 168 valence electrons. The zero-order valence-electron chi connectivity index (χ0n) is 18.6. The first-order chi connectivity index (χ1) is 15.6. The van der Waals surface area contributed by atoms with Crippen molar-refractivity contribution in [3.63, 3.8) is 0 Å². The van der Waals surface area contributed by atoms with E-state index < -0.39 is 0 Å². The molecule has 0 spiro atoms. The summed E-state index contributed by atoms with van der Waals surface area (Å²) < 4.78 is 5.80. The zero-order valence-corrected chi connectivity index (χ0v) is 18.6. The van der Waals surface area contributed by atoms with Gasteiger partial charge in [-0.1, -0.05) is 49.7 Å². The molecule has 0 aliphatic rings. The molecule has 0 aliphatic carbocycles. The van der Waals surface area contributed by atoms with Crippen molar-refractivity contribution < 1.29 is 20.1 Å². The Hall–Kier alpha value is -3.24. The molecule has 3 N–H and O–H groups in total. The Balaban J connectivity index is 2.04. The van der Waals surface area contributed by atoms with Crippen molar-refractivity contribution in [1.29, 1.82) is 0 Å². The highest BCUT2D eigenvalue weighted by molar-refractivity contribution is 5.98. The Morgan fingerprint density at radius 2 is 1.22 bits per heavy atom. The van der Waals surface area contributed by atoms with E-state index in [4.69, 9.17) is 9.84 Å². The summed E-state index contributed by atoms with van der Waals surface area (Å²) in [5, 5.41) is 28.5. The monoisotopic (exact) mass is 432 g/mol. The SMILES string of the molecule is CCCCC(=C(c1ccc(O)cc1)c1ccc(O)cc1)c1ccc(OCCCCO)cc1. The minimum absolute atomic E-state index is 0.186. The van der Waals surface area contributed by atoms with Gasteiger partial charge in [-0.15, -0.1) is 0 Å². The third-order valence-corrected chi connectivity index (χ3v) is 5.42. The number of benzene rings is 3. The first-order valence-corrected chi connectivity index (χ1v) is 11.3. The van der Waals surface area contributed by atoms with E-state index >= 15 is 0 Å². The van der Waals surface area contributed by atoms with Crippen LogP contribution in [0.5, 0.6) is 17.2 Å². The lowest BCUT2D eigenvalue weighted by molar-refractivity contribution is 0.253. The van der Waals surface area contributed by atoms with Crippen LogP contribution < -0.4 is 4.74 Å². The number of aliphatic hydroxyl groups excluding tert-OH is 1. The Kier molecular flexibility index (Phi) is 8.76. The number of phenolic OH excluding ortho intramolecular Hbond substituents is 2. The largest absolute Gasteiger partial charge is 0.508 e. The van der Waals surface area contributed by atoms with E-state index in [0.29, 0.717) is 6.61 Å². The summed E-state index contributed by atoms with van der Waals surface area (Å²) in [6.45, 7) is 2.96. The minimum Gasteiger partial charge on any atom is -0.508 e. The second-order valence-corrected chi connectivity index (χ2v) is 7.85. The van der Waals surface area contributed by atoms with E-state index in [0.717, 1.165) is 60.1 Å². The number of allylic oxidation sites excluding steroid dienone is 1. The predicted molar refractivity (Wildman–Crippen MR) is 130 cm³/mol. The molecule has 0 heterocycles. The van der Waals surface area contributed by atoms with E-state index in [1.807, 2.05) is 36.4 Å². The van der Waals surface area contributed by atoms with Gasteiger partial charge in [0.05, 0.1) is 6.61 Å². The molecular formula is C28H32O4. The third kappa shape index (κ3) is 6.38. The molecule has 4 heteroatoms. The fraction of sp³-hybridized carbons (Fsp3) is 0.286. The van der Waals surface area contributed by atoms with E-state index in [1.54, 1.807) is 24.3 Å². The van der Waals surface area contributed by atoms with Crippen molar-refractivity contribution in [2.45, 2.75) is 39.0 Å². The molecule has 0 unspecified atom stereocenters. The lowest BCUT2D eigenvalue weighted by Gasteiger charge is -2.18. The minimum atomic E-state index is 0.186. The zero-order chi connectivity index (χ0) is 22.8. The molecule has 0 saturated carbocycles. The molecule has 0 atom stereocenters. The van der Waals surface area contributed by atoms with Crippen LogP contribution in [0.2, 0.25) is 0 Å². The van der Waals surface area contributed by atoms with Gasteiger partial charge in [0.1, 0.15) is 17.2 Å². The summed E-state index contributed by atoms with van der Waals surface area (Å²) in [4.78, 5) is 0. The van der Waals surface area contributed by atoms with Gasteiger partial charge in [-0.25, -0.2) is 0 Å². The number of aromatic hydroxyl groups is 2. The van der Waals surface area contributed by atoms with Crippen LogP contribution >= 0.6 is 0 Å². The molecule has 0 radical (unpaired) electrons. The van der Waals surface area contributed by atoms with Gasteiger partial charge >= 0.3 is 0 Å². The van der Waals surface area contributed by atoms with Crippen molar-refractivity contribution in [3.8, 4) is 17.2 Å². The first-order valence-electron chi connectivity index (χ1n) is 11.3. The summed E-state index contributed by atoms with van der Waals surface area (Å²) in [6.07, 6.45) is 4.60. The predicted octanol–water partition coefficient (Wildman–Crippen LogP) is 6.40. The lowest BCUT2D eigenvalue weighted by Crippen LogP contribution is -1.99. The molecule has 0 amide bonds. The Bertz CT molecular complexity index is 940. The molecule has 32 heavy (non-hydrogen) atoms. The van der Waals surface area contributed by atoms with Gasteiger partial charge in [-0.05, 0) is 89.9 Å². The number of ether oxygens (including phenoxy) is 1. The summed E-state index contributed by atoms with van der Waals surface area (Å²) in [7, 11) is 0. The molecule has 4 nitrogen and oxygen atoms in total. The summed E-state index contributed by atoms with van der Waals surface area (Å²) >= 11 is 0. The highest BCUT2D eigenvalue weighted by Crippen LogP contribution is 2.37. The average Bonchev–Trinajstić information content (AvgIpc) is 2.82. The van der Waals surface area contributed by atoms with Gasteiger partial charge in [-0.2, -0.15) is 0 Å². The van der Waals surface area contributed by atoms with Crippen LogP contribution in [0.3, 0.4) is 0 Å². The smallest absolute Gasteiger partial charge is 0.119 e. The second-order valence-electron chi connectivity index (χ2n) is 7.85. The Morgan fingerprint density at radius 1 is 0.688 bits per heavy atom. The number of hydrogen-bond donors (Lipinski definition) is 3. The highest BCUT2D eigenvalue weighted by Gasteiger charge is 2.15. The maximum absolute atomic E-state index is 9.80. The van der Waals surface area contributed by atoms with Crippen LogP contribution in [-0.2, 0) is 0 Å². The van der Waals surface area contributed by atoms with Gasteiger partial charge in [0.2, 0.25) is 0 Å². The van der Waals surface area contributed by atoms with Crippen molar-refractivity contribution in [3.05, 3.63) is 89.5 Å². The number of unbranched alkanes of at least 4 members (excludes halogenated alkanes) is 2. The van der Waals surface area contributed by atoms with Crippen LogP contribution in [0.25, 0.3) is 11.1 Å². The number of hydrogen-bond acceptors (Lipinski definition) is 4. The molecule has 3 rings (SSSR count). The summed E-state index contributed by atoms with van der Waals surface area (Å²) in [5.41, 5.74) is 5.47. The number of rotatable bonds is 11. The average molecular weight is 433 g/mol. The van der Waals surface area contributed by atoms with Crippen LogP contribution in [0.1, 0.15) is 55.7 Å². The fourth-order valence-corrected chi connectivity index (χ4v) is 3.69. The normalized spacial score (nSPS) is 10.7. The standard InChI is InChI=1S/C28H32O4/c1-2-3-6-27(21-11-17-26(18-12-21)32-20-5-4-19-29)28(22-7-13-24(30)14-8-22)23-9-15-25(31)16-10-23/h7-18,29-31H,2-6,19-20H2,1H3. The van der Waals surface area contributed by atoms with Crippen LogP contribution in [0.15, 0.2) is 72.8 Å². The second kappa shape index (κ2) is 12.0. The molecule has 3 aromatic carbocycles. The number of phenols is 2. The maximum atomic E-state index is 9.80. The highest BCUT2D eigenvalue weighted by atomic mass is 16.5. The van der Waals surface area contributed by atoms with Crippen molar-refractivity contribution in [2.24, 2.45) is 0 Å². The van der Waals surface area contributed by atoms with E-state index in [9.17, 15) is 10.2 Å². The molecule has 0 fully saturated rings. The van der Waals surface area contributed by atoms with Gasteiger partial charge < -0.3 is 20.1 Å². The van der Waals surface area contributed by atoms with Crippen molar-refractivity contribution in [1.82, 2.24) is 0 Å². The molecule has 0 aliphatic heterocycles. The summed E-state index contributed by atoms with van der Waals surface area (Å²) in [6, 6.07) is 22.7. The third-order valence-electron chi connectivity index (χ3n) is 5.42. The van der Waals surface area contributed by atoms with Gasteiger partial charge in [-0.3, -0.25) is 0 Å². The van der Waals surface area contributed by atoms with E-state index in [2.05, 4.69) is 19.1 Å². The van der Waals surface area contributed by atoms with Crippen molar-refractivity contribution in [2.75, 3.05) is 13.2 Å². The van der Waals surface area contributed by atoms with Crippen LogP contribution in [-0.4, -0.2) is 28.5 Å². The molecular weight excluding hydrogens is 400 g/mol. The lowest BCUT2D eigenvalue weighted by atomic mass is 9.87.